The van der Waals surface area contributed by atoms with E-state index in [4.69, 9.17) is 5.73 Å². The van der Waals surface area contributed by atoms with E-state index < -0.39 is 6.04 Å². The SMILES string of the molecule is CCC(C)C(N)C(=O)NCC(c1ccccc1)N(C)C.Cl.Cl. The highest BCUT2D eigenvalue weighted by Gasteiger charge is 2.21. The third kappa shape index (κ3) is 6.97. The molecule has 0 aliphatic carbocycles. The van der Waals surface area contributed by atoms with Crippen LogP contribution in [0, 0.1) is 5.92 Å². The lowest BCUT2D eigenvalue weighted by Crippen LogP contribution is -2.46. The normalized spacial score (nSPS) is 14.3. The van der Waals surface area contributed by atoms with Gasteiger partial charge in [0.05, 0.1) is 12.1 Å². The van der Waals surface area contributed by atoms with Gasteiger partial charge in [0.25, 0.3) is 0 Å². The molecule has 4 nitrogen and oxygen atoms in total. The van der Waals surface area contributed by atoms with Crippen LogP contribution in [0.15, 0.2) is 30.3 Å². The lowest BCUT2D eigenvalue weighted by atomic mass is 9.99. The zero-order chi connectivity index (χ0) is 15.1. The topological polar surface area (TPSA) is 58.4 Å². The highest BCUT2D eigenvalue weighted by molar-refractivity contribution is 5.85. The monoisotopic (exact) mass is 349 g/mol. The number of carbonyl (C=O) groups is 1. The number of hydrogen-bond donors (Lipinski definition) is 2. The fraction of sp³-hybridized carbons (Fsp3) is 0.562. The van der Waals surface area contributed by atoms with Crippen LogP contribution in [0.5, 0.6) is 0 Å². The van der Waals surface area contributed by atoms with Gasteiger partial charge in [-0.05, 0) is 25.6 Å². The summed E-state index contributed by atoms with van der Waals surface area (Å²) in [5.74, 6) is 0.131. The molecule has 0 aliphatic rings. The Bertz CT molecular complexity index is 415. The van der Waals surface area contributed by atoms with Gasteiger partial charge < -0.3 is 16.0 Å². The molecule has 1 aromatic rings. The molecule has 0 saturated heterocycles. The number of amides is 1. The largest absolute Gasteiger partial charge is 0.353 e. The second-order valence-corrected chi connectivity index (χ2v) is 5.55. The molecule has 0 spiro atoms. The van der Waals surface area contributed by atoms with Crippen LogP contribution in [0.1, 0.15) is 31.9 Å². The highest BCUT2D eigenvalue weighted by atomic mass is 35.5. The van der Waals surface area contributed by atoms with E-state index in [1.807, 2.05) is 46.1 Å². The Morgan fingerprint density at radius 3 is 2.23 bits per heavy atom. The molecule has 6 heteroatoms. The maximum absolute atomic E-state index is 12.0. The van der Waals surface area contributed by atoms with Gasteiger partial charge in [-0.25, -0.2) is 0 Å². The van der Waals surface area contributed by atoms with Crippen LogP contribution in [0.4, 0.5) is 0 Å². The Morgan fingerprint density at radius 2 is 1.77 bits per heavy atom. The van der Waals surface area contributed by atoms with Crippen LogP contribution < -0.4 is 11.1 Å². The smallest absolute Gasteiger partial charge is 0.237 e. The van der Waals surface area contributed by atoms with Crippen molar-refractivity contribution in [3.8, 4) is 0 Å². The van der Waals surface area contributed by atoms with E-state index in [1.165, 1.54) is 5.56 Å². The number of nitrogens with zero attached hydrogens (tertiary/aromatic N) is 1. The van der Waals surface area contributed by atoms with E-state index in [0.29, 0.717) is 6.54 Å². The summed E-state index contributed by atoms with van der Waals surface area (Å²) >= 11 is 0. The van der Waals surface area contributed by atoms with E-state index in [2.05, 4.69) is 22.3 Å². The number of likely N-dealkylation sites (N-methyl/N-ethyl adjacent to an activating group) is 1. The minimum absolute atomic E-state index is 0. The van der Waals surface area contributed by atoms with Gasteiger partial charge >= 0.3 is 0 Å². The second kappa shape index (κ2) is 11.7. The molecule has 0 saturated carbocycles. The van der Waals surface area contributed by atoms with Crippen molar-refractivity contribution in [2.75, 3.05) is 20.6 Å². The third-order valence-electron chi connectivity index (χ3n) is 3.84. The molecule has 0 fully saturated rings. The summed E-state index contributed by atoms with van der Waals surface area (Å²) in [6.07, 6.45) is 0.907. The third-order valence-corrected chi connectivity index (χ3v) is 3.84. The minimum atomic E-state index is -0.432. The Hall–Kier alpha value is -0.810. The van der Waals surface area contributed by atoms with Crippen molar-refractivity contribution in [1.82, 2.24) is 10.2 Å². The molecule has 3 unspecified atom stereocenters. The van der Waals surface area contributed by atoms with Crippen LogP contribution >= 0.6 is 24.8 Å². The summed E-state index contributed by atoms with van der Waals surface area (Å²) in [6.45, 7) is 4.62. The molecule has 0 aromatic heterocycles. The summed E-state index contributed by atoms with van der Waals surface area (Å²) in [5, 5.41) is 2.97. The van der Waals surface area contributed by atoms with Gasteiger partial charge in [-0.1, -0.05) is 50.6 Å². The number of nitrogens with two attached hydrogens (primary N) is 1. The van der Waals surface area contributed by atoms with Gasteiger partial charge in [-0.3, -0.25) is 4.79 Å². The zero-order valence-electron chi connectivity index (χ0n) is 13.8. The molecule has 0 radical (unpaired) electrons. The first-order valence-electron chi connectivity index (χ1n) is 7.22. The van der Waals surface area contributed by atoms with Crippen LogP contribution in [0.3, 0.4) is 0 Å². The number of halogens is 2. The quantitative estimate of drug-likeness (QED) is 0.795. The summed E-state index contributed by atoms with van der Waals surface area (Å²) in [5.41, 5.74) is 7.14. The Balaban J connectivity index is 0. The molecular formula is C16H29Cl2N3O. The van der Waals surface area contributed by atoms with Crippen LogP contribution in [-0.4, -0.2) is 37.5 Å². The maximum atomic E-state index is 12.0. The van der Waals surface area contributed by atoms with Gasteiger partial charge in [0, 0.05) is 6.54 Å². The van der Waals surface area contributed by atoms with E-state index in [-0.39, 0.29) is 42.7 Å². The first-order valence-corrected chi connectivity index (χ1v) is 7.22. The van der Waals surface area contributed by atoms with Crippen molar-refractivity contribution in [3.05, 3.63) is 35.9 Å². The predicted octanol–water partition coefficient (Wildman–Crippen LogP) is 2.62. The number of hydrogen-bond acceptors (Lipinski definition) is 3. The Kier molecular flexibility index (Phi) is 12.5. The summed E-state index contributed by atoms with van der Waals surface area (Å²) < 4.78 is 0. The molecular weight excluding hydrogens is 321 g/mol. The number of benzene rings is 1. The van der Waals surface area contributed by atoms with E-state index in [9.17, 15) is 4.79 Å². The van der Waals surface area contributed by atoms with Crippen molar-refractivity contribution in [1.29, 1.82) is 0 Å². The molecule has 128 valence electrons. The zero-order valence-corrected chi connectivity index (χ0v) is 15.4. The lowest BCUT2D eigenvalue weighted by Gasteiger charge is -2.26. The van der Waals surface area contributed by atoms with Gasteiger partial charge in [0.1, 0.15) is 0 Å². The molecule has 22 heavy (non-hydrogen) atoms. The maximum Gasteiger partial charge on any atom is 0.237 e. The van der Waals surface area contributed by atoms with Gasteiger partial charge in [0.2, 0.25) is 5.91 Å². The first-order chi connectivity index (χ1) is 9.47. The molecule has 0 aliphatic heterocycles. The fourth-order valence-corrected chi connectivity index (χ4v) is 2.10. The van der Waals surface area contributed by atoms with Crippen molar-refractivity contribution in [2.45, 2.75) is 32.4 Å². The van der Waals surface area contributed by atoms with Gasteiger partial charge in [-0.15, -0.1) is 24.8 Å². The molecule has 0 bridgehead atoms. The molecule has 3 N–H and O–H groups in total. The molecule has 1 aromatic carbocycles. The minimum Gasteiger partial charge on any atom is -0.353 e. The van der Waals surface area contributed by atoms with Gasteiger partial charge in [0.15, 0.2) is 0 Å². The lowest BCUT2D eigenvalue weighted by molar-refractivity contribution is -0.123. The van der Waals surface area contributed by atoms with Crippen LogP contribution in [-0.2, 0) is 4.79 Å². The van der Waals surface area contributed by atoms with Crippen molar-refractivity contribution >= 4 is 30.7 Å². The average molecular weight is 350 g/mol. The van der Waals surface area contributed by atoms with Crippen LogP contribution in [0.25, 0.3) is 0 Å². The number of nitrogens with one attached hydrogen (secondary N) is 1. The molecule has 1 amide bonds. The summed E-state index contributed by atoms with van der Waals surface area (Å²) in [7, 11) is 4.02. The number of rotatable bonds is 7. The average Bonchev–Trinajstić information content (AvgIpc) is 2.46. The predicted molar refractivity (Wildman–Crippen MR) is 97.8 cm³/mol. The van der Waals surface area contributed by atoms with Crippen LogP contribution in [0.2, 0.25) is 0 Å². The summed E-state index contributed by atoms with van der Waals surface area (Å²) in [4.78, 5) is 14.1. The Labute approximate surface area is 146 Å². The second-order valence-electron chi connectivity index (χ2n) is 5.55. The van der Waals surface area contributed by atoms with Crippen molar-refractivity contribution < 1.29 is 4.79 Å². The summed E-state index contributed by atoms with van der Waals surface area (Å²) in [6, 6.07) is 9.89. The van der Waals surface area contributed by atoms with E-state index >= 15 is 0 Å². The van der Waals surface area contributed by atoms with Crippen molar-refractivity contribution in [2.24, 2.45) is 11.7 Å². The molecule has 1 rings (SSSR count). The fourth-order valence-electron chi connectivity index (χ4n) is 2.10. The first kappa shape index (κ1) is 23.5. The highest BCUT2D eigenvalue weighted by Crippen LogP contribution is 2.16. The molecule has 3 atom stereocenters. The van der Waals surface area contributed by atoms with Crippen molar-refractivity contribution in [3.63, 3.8) is 0 Å². The van der Waals surface area contributed by atoms with E-state index in [0.717, 1.165) is 6.42 Å². The van der Waals surface area contributed by atoms with Gasteiger partial charge in [-0.2, -0.15) is 0 Å². The number of carbonyl (C=O) groups excluding carboxylic acids is 1. The van der Waals surface area contributed by atoms with E-state index in [1.54, 1.807) is 0 Å². The Morgan fingerprint density at radius 1 is 1.23 bits per heavy atom. The standard InChI is InChI=1S/C16H27N3O.2ClH/c1-5-12(2)15(17)16(20)18-11-14(19(3)4)13-9-7-6-8-10-13;;/h6-10,12,14-15H,5,11,17H2,1-4H3,(H,18,20);2*1H. The molecule has 0 heterocycles.